The maximum atomic E-state index is 6.05. The van der Waals surface area contributed by atoms with Gasteiger partial charge in [-0.05, 0) is 37.3 Å². The van der Waals surface area contributed by atoms with Crippen LogP contribution in [-0.2, 0) is 6.42 Å². The van der Waals surface area contributed by atoms with Crippen LogP contribution in [0, 0.1) is 0 Å². The molecule has 1 aliphatic carbocycles. The Morgan fingerprint density at radius 3 is 3.00 bits per heavy atom. The fourth-order valence-electron chi connectivity index (χ4n) is 2.96. The Kier molecular flexibility index (Phi) is 2.19. The molecule has 2 aliphatic rings. The van der Waals surface area contributed by atoms with Crippen LogP contribution < -0.4 is 4.74 Å². The lowest BCUT2D eigenvalue weighted by Gasteiger charge is -2.23. The highest BCUT2D eigenvalue weighted by molar-refractivity contribution is 5.44. The maximum absolute atomic E-state index is 6.05. The summed E-state index contributed by atoms with van der Waals surface area (Å²) in [7, 11) is 0. The summed E-state index contributed by atoms with van der Waals surface area (Å²) in [4.78, 5) is 0. The van der Waals surface area contributed by atoms with Crippen molar-refractivity contribution in [3.8, 4) is 5.75 Å². The van der Waals surface area contributed by atoms with Gasteiger partial charge in [0.1, 0.15) is 11.9 Å². The summed E-state index contributed by atoms with van der Waals surface area (Å²) in [5.74, 6) is 1.87. The van der Waals surface area contributed by atoms with Gasteiger partial charge in [0.05, 0.1) is 0 Å². The molecule has 0 radical (unpaired) electrons. The number of rotatable bonds is 1. The van der Waals surface area contributed by atoms with Gasteiger partial charge in [0, 0.05) is 11.5 Å². The van der Waals surface area contributed by atoms with Crippen LogP contribution in [0.2, 0.25) is 0 Å². The summed E-state index contributed by atoms with van der Waals surface area (Å²) in [5.41, 5.74) is 2.87. The molecule has 2 atom stereocenters. The van der Waals surface area contributed by atoms with Gasteiger partial charge in [-0.1, -0.05) is 25.5 Å². The number of aryl methyl sites for hydroxylation is 1. The highest BCUT2D eigenvalue weighted by atomic mass is 16.5. The first-order chi connectivity index (χ1) is 7.38. The van der Waals surface area contributed by atoms with Gasteiger partial charge in [-0.25, -0.2) is 0 Å². The molecule has 1 aliphatic heterocycles. The van der Waals surface area contributed by atoms with Gasteiger partial charge in [0.25, 0.3) is 0 Å². The molecule has 0 N–H and O–H groups in total. The molecule has 1 fully saturated rings. The van der Waals surface area contributed by atoms with Crippen molar-refractivity contribution in [2.75, 3.05) is 0 Å². The van der Waals surface area contributed by atoms with E-state index >= 15 is 0 Å². The minimum atomic E-state index is 0.487. The Morgan fingerprint density at radius 1 is 1.27 bits per heavy atom. The van der Waals surface area contributed by atoms with Crippen molar-refractivity contribution < 1.29 is 4.74 Å². The summed E-state index contributed by atoms with van der Waals surface area (Å²) in [6.45, 7) is 2.20. The molecular formula is C14H18O. The van der Waals surface area contributed by atoms with Crippen LogP contribution >= 0.6 is 0 Å². The van der Waals surface area contributed by atoms with E-state index < -0.39 is 0 Å². The van der Waals surface area contributed by atoms with Gasteiger partial charge in [0.2, 0.25) is 0 Å². The lowest BCUT2D eigenvalue weighted by Crippen LogP contribution is -2.22. The van der Waals surface area contributed by atoms with Crippen LogP contribution in [0.5, 0.6) is 5.75 Å². The summed E-state index contributed by atoms with van der Waals surface area (Å²) >= 11 is 0. The lowest BCUT2D eigenvalue weighted by atomic mass is 9.83. The fourth-order valence-corrected chi connectivity index (χ4v) is 2.96. The molecule has 2 unspecified atom stereocenters. The zero-order valence-electron chi connectivity index (χ0n) is 9.33. The van der Waals surface area contributed by atoms with Gasteiger partial charge in [-0.3, -0.25) is 0 Å². The van der Waals surface area contributed by atoms with Gasteiger partial charge >= 0.3 is 0 Å². The zero-order valence-corrected chi connectivity index (χ0v) is 9.33. The van der Waals surface area contributed by atoms with E-state index in [2.05, 4.69) is 25.1 Å². The molecule has 0 aromatic heterocycles. The van der Waals surface area contributed by atoms with Crippen molar-refractivity contribution in [2.24, 2.45) is 0 Å². The van der Waals surface area contributed by atoms with E-state index in [0.29, 0.717) is 12.0 Å². The first-order valence-corrected chi connectivity index (χ1v) is 6.18. The van der Waals surface area contributed by atoms with Crippen LogP contribution in [-0.4, -0.2) is 6.10 Å². The van der Waals surface area contributed by atoms with Gasteiger partial charge in [0.15, 0.2) is 0 Å². The van der Waals surface area contributed by atoms with E-state index in [9.17, 15) is 0 Å². The molecule has 1 aromatic rings. The molecule has 3 rings (SSSR count). The van der Waals surface area contributed by atoms with Crippen LogP contribution in [0.1, 0.15) is 49.7 Å². The summed E-state index contributed by atoms with van der Waals surface area (Å²) < 4.78 is 6.05. The van der Waals surface area contributed by atoms with E-state index in [1.807, 2.05) is 0 Å². The Hall–Kier alpha value is -0.980. The van der Waals surface area contributed by atoms with Gasteiger partial charge in [-0.15, -0.1) is 0 Å². The molecule has 1 aromatic carbocycles. The average molecular weight is 202 g/mol. The Morgan fingerprint density at radius 2 is 2.13 bits per heavy atom. The monoisotopic (exact) mass is 202 g/mol. The number of ether oxygens (including phenoxy) is 1. The summed E-state index contributed by atoms with van der Waals surface area (Å²) in [5, 5.41) is 0. The van der Waals surface area contributed by atoms with Gasteiger partial charge in [-0.2, -0.15) is 0 Å². The van der Waals surface area contributed by atoms with Crippen LogP contribution in [0.25, 0.3) is 0 Å². The highest BCUT2D eigenvalue weighted by Crippen LogP contribution is 2.45. The van der Waals surface area contributed by atoms with Crippen molar-refractivity contribution >= 4 is 0 Å². The third-order valence-corrected chi connectivity index (χ3v) is 3.87. The molecule has 1 heterocycles. The van der Waals surface area contributed by atoms with E-state index in [4.69, 9.17) is 4.74 Å². The fraction of sp³-hybridized carbons (Fsp3) is 0.571. The standard InChI is InChI=1S/C14H18O/c1-2-10-7-8-12-11-5-3-4-6-13(11)15-14(12)9-10/h7-9,11,13H,2-6H2,1H3. The molecule has 80 valence electrons. The van der Waals surface area contributed by atoms with Crippen LogP contribution in [0.3, 0.4) is 0 Å². The molecule has 0 bridgehead atoms. The number of hydrogen-bond acceptors (Lipinski definition) is 1. The predicted molar refractivity (Wildman–Crippen MR) is 61.4 cm³/mol. The minimum Gasteiger partial charge on any atom is -0.489 e. The smallest absolute Gasteiger partial charge is 0.123 e. The first kappa shape index (κ1) is 9.26. The first-order valence-electron chi connectivity index (χ1n) is 6.18. The number of fused-ring (bicyclic) bond motifs is 3. The van der Waals surface area contributed by atoms with Gasteiger partial charge < -0.3 is 4.74 Å². The van der Waals surface area contributed by atoms with E-state index in [1.54, 1.807) is 0 Å². The molecule has 15 heavy (non-hydrogen) atoms. The second-order valence-corrected chi connectivity index (χ2v) is 4.77. The average Bonchev–Trinajstić information content (AvgIpc) is 2.66. The van der Waals surface area contributed by atoms with E-state index in [1.165, 1.54) is 42.6 Å². The molecule has 0 spiro atoms. The normalized spacial score (nSPS) is 28.1. The van der Waals surface area contributed by atoms with Crippen molar-refractivity contribution in [1.29, 1.82) is 0 Å². The topological polar surface area (TPSA) is 9.23 Å². The maximum Gasteiger partial charge on any atom is 0.123 e. The second kappa shape index (κ2) is 3.55. The number of benzene rings is 1. The molecule has 1 nitrogen and oxygen atoms in total. The summed E-state index contributed by atoms with van der Waals surface area (Å²) in [6, 6.07) is 6.80. The van der Waals surface area contributed by atoms with E-state index in [-0.39, 0.29) is 0 Å². The SMILES string of the molecule is CCc1ccc2c(c1)OC1CCCCC21. The lowest BCUT2D eigenvalue weighted by molar-refractivity contribution is 0.164. The van der Waals surface area contributed by atoms with Crippen molar-refractivity contribution in [2.45, 2.75) is 51.0 Å². The predicted octanol–water partition coefficient (Wildman–Crippen LogP) is 3.67. The second-order valence-electron chi connectivity index (χ2n) is 4.77. The largest absolute Gasteiger partial charge is 0.489 e. The molecule has 0 saturated heterocycles. The van der Waals surface area contributed by atoms with E-state index in [0.717, 1.165) is 6.42 Å². The third kappa shape index (κ3) is 1.45. The summed E-state index contributed by atoms with van der Waals surface area (Å²) in [6.07, 6.45) is 6.88. The third-order valence-electron chi connectivity index (χ3n) is 3.87. The molecule has 1 heteroatoms. The quantitative estimate of drug-likeness (QED) is 0.675. The highest BCUT2D eigenvalue weighted by Gasteiger charge is 2.35. The molecule has 1 saturated carbocycles. The molecule has 0 amide bonds. The van der Waals surface area contributed by atoms with Crippen molar-refractivity contribution in [1.82, 2.24) is 0 Å². The number of hydrogen-bond donors (Lipinski definition) is 0. The zero-order chi connectivity index (χ0) is 10.3. The Bertz CT molecular complexity index is 370. The molecular weight excluding hydrogens is 184 g/mol. The minimum absolute atomic E-state index is 0.487. The Balaban J connectivity index is 1.96. The van der Waals surface area contributed by atoms with Crippen LogP contribution in [0.4, 0.5) is 0 Å². The Labute approximate surface area is 91.5 Å². The van der Waals surface area contributed by atoms with Crippen molar-refractivity contribution in [3.63, 3.8) is 0 Å². The van der Waals surface area contributed by atoms with Crippen molar-refractivity contribution in [3.05, 3.63) is 29.3 Å². The van der Waals surface area contributed by atoms with Crippen LogP contribution in [0.15, 0.2) is 18.2 Å².